The molecule has 4 heteroatoms. The van der Waals surface area contributed by atoms with Gasteiger partial charge in [-0.05, 0) is 24.6 Å². The van der Waals surface area contributed by atoms with E-state index in [-0.39, 0.29) is 5.97 Å². The Hall–Kier alpha value is -1.29. The van der Waals surface area contributed by atoms with Crippen molar-refractivity contribution >= 4 is 5.97 Å². The van der Waals surface area contributed by atoms with Crippen LogP contribution in [0.1, 0.15) is 18.4 Å². The van der Waals surface area contributed by atoms with E-state index in [9.17, 15) is 4.79 Å². The standard InChI is InChI=1S/C11H18N2O2/c1-13-7-5-10(9-13)8-12-6-3-4-11(14)15-2/h5,7,9,12H,3-4,6,8H2,1-2H3. The van der Waals surface area contributed by atoms with Gasteiger partial charge in [-0.25, -0.2) is 0 Å². The summed E-state index contributed by atoms with van der Waals surface area (Å²) in [5.41, 5.74) is 1.26. The number of nitrogens with zero attached hydrogens (tertiary/aromatic N) is 1. The largest absolute Gasteiger partial charge is 0.469 e. The van der Waals surface area contributed by atoms with Crippen molar-refractivity contribution in [1.82, 2.24) is 9.88 Å². The van der Waals surface area contributed by atoms with Crippen LogP contribution in [0, 0.1) is 0 Å². The Bertz CT molecular complexity index is 307. The fraction of sp³-hybridized carbons (Fsp3) is 0.545. The van der Waals surface area contributed by atoms with Gasteiger partial charge < -0.3 is 14.6 Å². The van der Waals surface area contributed by atoms with Crippen molar-refractivity contribution in [2.24, 2.45) is 7.05 Å². The number of hydrogen-bond donors (Lipinski definition) is 1. The molecule has 0 radical (unpaired) electrons. The van der Waals surface area contributed by atoms with Gasteiger partial charge in [0, 0.05) is 32.4 Å². The van der Waals surface area contributed by atoms with Gasteiger partial charge in [0.2, 0.25) is 0 Å². The van der Waals surface area contributed by atoms with Crippen molar-refractivity contribution in [2.45, 2.75) is 19.4 Å². The summed E-state index contributed by atoms with van der Waals surface area (Å²) in [6.45, 7) is 1.69. The molecule has 0 bridgehead atoms. The first-order valence-electron chi connectivity index (χ1n) is 5.11. The molecule has 1 heterocycles. The van der Waals surface area contributed by atoms with E-state index in [1.165, 1.54) is 12.7 Å². The Morgan fingerprint density at radius 2 is 2.40 bits per heavy atom. The van der Waals surface area contributed by atoms with E-state index in [0.717, 1.165) is 19.5 Å². The molecule has 1 rings (SSSR count). The number of nitrogens with one attached hydrogen (secondary N) is 1. The third kappa shape index (κ3) is 4.65. The molecule has 1 N–H and O–H groups in total. The molecule has 0 spiro atoms. The van der Waals surface area contributed by atoms with Gasteiger partial charge in [-0.15, -0.1) is 0 Å². The van der Waals surface area contributed by atoms with Crippen LogP contribution in [-0.4, -0.2) is 24.2 Å². The van der Waals surface area contributed by atoms with E-state index in [1.807, 2.05) is 17.8 Å². The maximum atomic E-state index is 10.8. The van der Waals surface area contributed by atoms with Crippen LogP contribution in [0.2, 0.25) is 0 Å². The number of esters is 1. The zero-order valence-electron chi connectivity index (χ0n) is 9.32. The summed E-state index contributed by atoms with van der Waals surface area (Å²) < 4.78 is 6.57. The van der Waals surface area contributed by atoms with E-state index in [0.29, 0.717) is 6.42 Å². The minimum atomic E-state index is -0.142. The smallest absolute Gasteiger partial charge is 0.305 e. The number of aryl methyl sites for hydroxylation is 1. The van der Waals surface area contributed by atoms with Gasteiger partial charge in [0.25, 0.3) is 0 Å². The molecular formula is C11H18N2O2. The van der Waals surface area contributed by atoms with E-state index >= 15 is 0 Å². The highest BCUT2D eigenvalue weighted by Gasteiger charge is 1.99. The Morgan fingerprint density at radius 3 is 3.00 bits per heavy atom. The zero-order chi connectivity index (χ0) is 11.1. The van der Waals surface area contributed by atoms with E-state index in [4.69, 9.17) is 0 Å². The number of carbonyl (C=O) groups excluding carboxylic acids is 1. The van der Waals surface area contributed by atoms with E-state index in [2.05, 4.69) is 22.3 Å². The Balaban J connectivity index is 2.05. The van der Waals surface area contributed by atoms with Gasteiger partial charge in [0.15, 0.2) is 0 Å². The molecule has 0 saturated carbocycles. The summed E-state index contributed by atoms with van der Waals surface area (Å²) in [6.07, 6.45) is 5.40. The molecule has 1 aromatic rings. The highest BCUT2D eigenvalue weighted by molar-refractivity contribution is 5.69. The lowest BCUT2D eigenvalue weighted by molar-refractivity contribution is -0.140. The fourth-order valence-electron chi connectivity index (χ4n) is 1.36. The van der Waals surface area contributed by atoms with Gasteiger partial charge in [0.05, 0.1) is 7.11 Å². The number of rotatable bonds is 6. The molecular weight excluding hydrogens is 192 g/mol. The predicted octanol–water partition coefficient (Wildman–Crippen LogP) is 1.07. The number of aromatic nitrogens is 1. The van der Waals surface area contributed by atoms with Crippen LogP contribution in [0.4, 0.5) is 0 Å². The van der Waals surface area contributed by atoms with Crippen LogP contribution >= 0.6 is 0 Å². The Morgan fingerprint density at radius 1 is 1.60 bits per heavy atom. The lowest BCUT2D eigenvalue weighted by Crippen LogP contribution is -2.15. The molecule has 0 unspecified atom stereocenters. The first kappa shape index (κ1) is 11.8. The van der Waals surface area contributed by atoms with Crippen LogP contribution < -0.4 is 5.32 Å². The molecule has 0 aliphatic heterocycles. The average molecular weight is 210 g/mol. The SMILES string of the molecule is COC(=O)CCCNCc1ccn(C)c1. The van der Waals surface area contributed by atoms with Crippen molar-refractivity contribution in [3.8, 4) is 0 Å². The summed E-state index contributed by atoms with van der Waals surface area (Å²) in [5, 5.41) is 3.27. The normalized spacial score (nSPS) is 10.3. The monoisotopic (exact) mass is 210 g/mol. The lowest BCUT2D eigenvalue weighted by atomic mass is 10.3. The summed E-state index contributed by atoms with van der Waals surface area (Å²) in [7, 11) is 3.42. The van der Waals surface area contributed by atoms with Gasteiger partial charge in [-0.3, -0.25) is 4.79 Å². The van der Waals surface area contributed by atoms with Crippen LogP contribution in [-0.2, 0) is 23.1 Å². The van der Waals surface area contributed by atoms with Crippen LogP contribution in [0.15, 0.2) is 18.5 Å². The molecule has 0 amide bonds. The molecule has 15 heavy (non-hydrogen) atoms. The number of ether oxygens (including phenoxy) is 1. The molecule has 0 atom stereocenters. The highest BCUT2D eigenvalue weighted by atomic mass is 16.5. The van der Waals surface area contributed by atoms with Gasteiger partial charge in [-0.1, -0.05) is 0 Å². The highest BCUT2D eigenvalue weighted by Crippen LogP contribution is 1.98. The topological polar surface area (TPSA) is 43.3 Å². The molecule has 84 valence electrons. The number of hydrogen-bond acceptors (Lipinski definition) is 3. The third-order valence-corrected chi connectivity index (χ3v) is 2.18. The third-order valence-electron chi connectivity index (χ3n) is 2.18. The van der Waals surface area contributed by atoms with Gasteiger partial charge in [-0.2, -0.15) is 0 Å². The first-order valence-corrected chi connectivity index (χ1v) is 5.11. The second kappa shape index (κ2) is 6.24. The maximum Gasteiger partial charge on any atom is 0.305 e. The van der Waals surface area contributed by atoms with Crippen molar-refractivity contribution in [1.29, 1.82) is 0 Å². The first-order chi connectivity index (χ1) is 7.22. The molecule has 0 aliphatic carbocycles. The van der Waals surface area contributed by atoms with Crippen molar-refractivity contribution in [3.63, 3.8) is 0 Å². The minimum Gasteiger partial charge on any atom is -0.469 e. The predicted molar refractivity (Wildman–Crippen MR) is 58.4 cm³/mol. The van der Waals surface area contributed by atoms with Crippen LogP contribution in [0.3, 0.4) is 0 Å². The second-order valence-corrected chi connectivity index (χ2v) is 3.54. The summed E-state index contributed by atoms with van der Waals surface area (Å²) in [4.78, 5) is 10.8. The van der Waals surface area contributed by atoms with E-state index < -0.39 is 0 Å². The number of carbonyl (C=O) groups is 1. The molecule has 0 aromatic carbocycles. The Kier molecular flexibility index (Phi) is 4.90. The number of methoxy groups -OCH3 is 1. The van der Waals surface area contributed by atoms with Crippen LogP contribution in [0.5, 0.6) is 0 Å². The van der Waals surface area contributed by atoms with E-state index in [1.54, 1.807) is 0 Å². The van der Waals surface area contributed by atoms with Crippen LogP contribution in [0.25, 0.3) is 0 Å². The summed E-state index contributed by atoms with van der Waals surface area (Å²) in [6, 6.07) is 2.08. The maximum absolute atomic E-state index is 10.8. The molecule has 0 fully saturated rings. The average Bonchev–Trinajstić information content (AvgIpc) is 2.63. The minimum absolute atomic E-state index is 0.142. The van der Waals surface area contributed by atoms with Gasteiger partial charge >= 0.3 is 5.97 Å². The van der Waals surface area contributed by atoms with Crippen molar-refractivity contribution < 1.29 is 9.53 Å². The molecule has 0 saturated heterocycles. The summed E-state index contributed by atoms with van der Waals surface area (Å²) in [5.74, 6) is -0.142. The lowest BCUT2D eigenvalue weighted by Gasteiger charge is -2.02. The zero-order valence-corrected chi connectivity index (χ0v) is 9.32. The molecule has 1 aromatic heterocycles. The quantitative estimate of drug-likeness (QED) is 0.564. The molecule has 0 aliphatic rings. The summed E-state index contributed by atoms with van der Waals surface area (Å²) >= 11 is 0. The molecule has 4 nitrogen and oxygen atoms in total. The fourth-order valence-corrected chi connectivity index (χ4v) is 1.36. The van der Waals surface area contributed by atoms with Crippen molar-refractivity contribution in [3.05, 3.63) is 24.0 Å². The van der Waals surface area contributed by atoms with Gasteiger partial charge in [0.1, 0.15) is 0 Å². The second-order valence-electron chi connectivity index (χ2n) is 3.54. The Labute approximate surface area is 90.2 Å². The van der Waals surface area contributed by atoms with Crippen molar-refractivity contribution in [2.75, 3.05) is 13.7 Å².